The number of carbonyl (C=O) groups excluding carboxylic acids is 1. The molecular weight excluding hydrogens is 273 g/mol. The number of nitriles is 1. The third-order valence-electron chi connectivity index (χ3n) is 2.87. The number of nitrogens with zero attached hydrogens (tertiary/aromatic N) is 1. The highest BCUT2D eigenvalue weighted by molar-refractivity contribution is 5.89. The van der Waals surface area contributed by atoms with Crippen molar-refractivity contribution >= 4 is 5.97 Å². The minimum atomic E-state index is -0.578. The van der Waals surface area contributed by atoms with Crippen LogP contribution in [0.2, 0.25) is 0 Å². The number of rotatable bonds is 4. The Balaban J connectivity index is 2.07. The summed E-state index contributed by atoms with van der Waals surface area (Å²) in [6, 6.07) is 12.6. The Morgan fingerprint density at radius 2 is 1.95 bits per heavy atom. The van der Waals surface area contributed by atoms with Crippen molar-refractivity contribution in [2.45, 2.75) is 6.61 Å². The van der Waals surface area contributed by atoms with Gasteiger partial charge in [0.15, 0.2) is 0 Å². The third-order valence-corrected chi connectivity index (χ3v) is 2.87. The van der Waals surface area contributed by atoms with Crippen LogP contribution in [-0.2, 0) is 11.3 Å². The van der Waals surface area contributed by atoms with E-state index in [0.29, 0.717) is 16.9 Å². The van der Waals surface area contributed by atoms with Gasteiger partial charge in [-0.2, -0.15) is 5.26 Å². The van der Waals surface area contributed by atoms with Gasteiger partial charge in [0.25, 0.3) is 0 Å². The molecule has 0 aromatic heterocycles. The Morgan fingerprint density at radius 3 is 2.57 bits per heavy atom. The van der Waals surface area contributed by atoms with Crippen LogP contribution in [-0.4, -0.2) is 13.1 Å². The molecule has 0 atom stereocenters. The molecule has 0 fully saturated rings. The fourth-order valence-corrected chi connectivity index (χ4v) is 1.74. The predicted octanol–water partition coefficient (Wildman–Crippen LogP) is 3.06. The van der Waals surface area contributed by atoms with Crippen molar-refractivity contribution in [2.24, 2.45) is 0 Å². The summed E-state index contributed by atoms with van der Waals surface area (Å²) in [4.78, 5) is 11.3. The first-order valence-electron chi connectivity index (χ1n) is 6.14. The first kappa shape index (κ1) is 14.5. The molecule has 0 saturated heterocycles. The zero-order chi connectivity index (χ0) is 15.2. The van der Waals surface area contributed by atoms with Gasteiger partial charge in [-0.1, -0.05) is 12.1 Å². The molecule has 5 heteroatoms. The second kappa shape index (κ2) is 6.53. The van der Waals surface area contributed by atoms with Crippen LogP contribution in [0.5, 0.6) is 5.75 Å². The van der Waals surface area contributed by atoms with Gasteiger partial charge in [-0.05, 0) is 30.3 Å². The van der Waals surface area contributed by atoms with Crippen molar-refractivity contribution in [3.8, 4) is 11.8 Å². The SMILES string of the molecule is COC(=O)c1ccc(OCc2cccc(C#N)c2F)cc1. The Morgan fingerprint density at radius 1 is 1.24 bits per heavy atom. The van der Waals surface area contributed by atoms with Crippen molar-refractivity contribution in [3.05, 3.63) is 65.0 Å². The molecule has 0 spiro atoms. The summed E-state index contributed by atoms with van der Waals surface area (Å²) in [6.45, 7) is -0.00107. The lowest BCUT2D eigenvalue weighted by Gasteiger charge is -2.08. The molecule has 0 bridgehead atoms. The molecule has 0 unspecified atom stereocenters. The molecule has 0 saturated carbocycles. The number of halogens is 1. The summed E-state index contributed by atoms with van der Waals surface area (Å²) >= 11 is 0. The summed E-state index contributed by atoms with van der Waals surface area (Å²) in [5, 5.41) is 8.76. The van der Waals surface area contributed by atoms with Crippen LogP contribution >= 0.6 is 0 Å². The van der Waals surface area contributed by atoms with E-state index >= 15 is 0 Å². The van der Waals surface area contributed by atoms with Gasteiger partial charge in [0.05, 0.1) is 18.2 Å². The normalized spacial score (nSPS) is 9.76. The number of benzene rings is 2. The van der Waals surface area contributed by atoms with Crippen LogP contribution in [0.3, 0.4) is 0 Å². The molecule has 106 valence electrons. The van der Waals surface area contributed by atoms with Crippen LogP contribution in [0, 0.1) is 17.1 Å². The third kappa shape index (κ3) is 3.37. The first-order chi connectivity index (χ1) is 10.2. The van der Waals surface area contributed by atoms with Crippen molar-refractivity contribution < 1.29 is 18.7 Å². The van der Waals surface area contributed by atoms with Crippen LogP contribution in [0.25, 0.3) is 0 Å². The fraction of sp³-hybridized carbons (Fsp3) is 0.125. The van der Waals surface area contributed by atoms with Gasteiger partial charge in [-0.25, -0.2) is 9.18 Å². The van der Waals surface area contributed by atoms with E-state index in [1.165, 1.54) is 13.2 Å². The Labute approximate surface area is 121 Å². The summed E-state index contributed by atoms with van der Waals surface area (Å²) in [5.41, 5.74) is 0.686. The van der Waals surface area contributed by atoms with Crippen LogP contribution in [0.15, 0.2) is 42.5 Å². The van der Waals surface area contributed by atoms with Gasteiger partial charge < -0.3 is 9.47 Å². The van der Waals surface area contributed by atoms with Gasteiger partial charge in [0, 0.05) is 5.56 Å². The van der Waals surface area contributed by atoms with Crippen molar-refractivity contribution in [2.75, 3.05) is 7.11 Å². The molecule has 2 aromatic rings. The highest BCUT2D eigenvalue weighted by Crippen LogP contribution is 2.17. The van der Waals surface area contributed by atoms with Crippen molar-refractivity contribution in [3.63, 3.8) is 0 Å². The predicted molar refractivity (Wildman–Crippen MR) is 73.2 cm³/mol. The maximum Gasteiger partial charge on any atom is 0.337 e. The average Bonchev–Trinajstić information content (AvgIpc) is 2.53. The lowest BCUT2D eigenvalue weighted by Crippen LogP contribution is -2.02. The molecule has 2 aromatic carbocycles. The van der Waals surface area contributed by atoms with E-state index in [4.69, 9.17) is 10.00 Å². The molecule has 0 radical (unpaired) electrons. The summed E-state index contributed by atoms with van der Waals surface area (Å²) < 4.78 is 23.9. The van der Waals surface area contributed by atoms with E-state index in [9.17, 15) is 9.18 Å². The summed E-state index contributed by atoms with van der Waals surface area (Å²) in [7, 11) is 1.30. The number of carbonyl (C=O) groups is 1. The highest BCUT2D eigenvalue weighted by Gasteiger charge is 2.09. The molecule has 2 rings (SSSR count). The lowest BCUT2D eigenvalue weighted by molar-refractivity contribution is 0.0600. The van der Waals surface area contributed by atoms with Gasteiger partial charge in [-0.3, -0.25) is 0 Å². The maximum atomic E-state index is 13.8. The van der Waals surface area contributed by atoms with Crippen LogP contribution in [0.4, 0.5) is 4.39 Å². The Bertz CT molecular complexity index is 690. The number of ether oxygens (including phenoxy) is 2. The van der Waals surface area contributed by atoms with Gasteiger partial charge >= 0.3 is 5.97 Å². The Hall–Kier alpha value is -2.87. The van der Waals surface area contributed by atoms with Gasteiger partial charge in [0.1, 0.15) is 24.2 Å². The second-order valence-electron chi connectivity index (χ2n) is 4.20. The minimum absolute atomic E-state index is 0.00107. The number of esters is 1. The van der Waals surface area contributed by atoms with E-state index < -0.39 is 11.8 Å². The molecular formula is C16H12FNO3. The molecule has 0 aliphatic carbocycles. The monoisotopic (exact) mass is 285 g/mol. The highest BCUT2D eigenvalue weighted by atomic mass is 19.1. The molecule has 0 aliphatic heterocycles. The fourth-order valence-electron chi connectivity index (χ4n) is 1.74. The molecule has 21 heavy (non-hydrogen) atoms. The zero-order valence-electron chi connectivity index (χ0n) is 11.3. The van der Waals surface area contributed by atoms with E-state index in [1.54, 1.807) is 42.5 Å². The summed E-state index contributed by atoms with van der Waals surface area (Å²) in [5.74, 6) is -0.523. The van der Waals surface area contributed by atoms with Crippen molar-refractivity contribution in [1.29, 1.82) is 5.26 Å². The molecule has 0 amide bonds. The quantitative estimate of drug-likeness (QED) is 0.810. The summed E-state index contributed by atoms with van der Waals surface area (Å²) in [6.07, 6.45) is 0. The van der Waals surface area contributed by atoms with Gasteiger partial charge in [0.2, 0.25) is 0 Å². The smallest absolute Gasteiger partial charge is 0.337 e. The lowest BCUT2D eigenvalue weighted by atomic mass is 10.1. The van der Waals surface area contributed by atoms with E-state index in [2.05, 4.69) is 4.74 Å². The minimum Gasteiger partial charge on any atom is -0.489 e. The molecule has 4 nitrogen and oxygen atoms in total. The Kier molecular flexibility index (Phi) is 4.52. The topological polar surface area (TPSA) is 59.3 Å². The number of hydrogen-bond donors (Lipinski definition) is 0. The van der Waals surface area contributed by atoms with Crippen LogP contribution in [0.1, 0.15) is 21.5 Å². The average molecular weight is 285 g/mol. The van der Waals surface area contributed by atoms with E-state index in [0.717, 1.165) is 0 Å². The molecule has 0 aliphatic rings. The second-order valence-corrected chi connectivity index (χ2v) is 4.20. The standard InChI is InChI=1S/C16H12FNO3/c1-20-16(19)11-5-7-14(8-6-11)21-10-13-4-2-3-12(9-18)15(13)17/h2-8H,10H2,1H3. The van der Waals surface area contributed by atoms with E-state index in [1.807, 2.05) is 0 Å². The molecule has 0 N–H and O–H groups in total. The van der Waals surface area contributed by atoms with Crippen molar-refractivity contribution in [1.82, 2.24) is 0 Å². The van der Waals surface area contributed by atoms with E-state index in [-0.39, 0.29) is 12.2 Å². The largest absolute Gasteiger partial charge is 0.489 e. The molecule has 0 heterocycles. The number of methoxy groups -OCH3 is 1. The first-order valence-corrected chi connectivity index (χ1v) is 6.14. The zero-order valence-corrected chi connectivity index (χ0v) is 11.3. The number of hydrogen-bond acceptors (Lipinski definition) is 4. The maximum absolute atomic E-state index is 13.8. The van der Waals surface area contributed by atoms with Crippen LogP contribution < -0.4 is 4.74 Å². The van der Waals surface area contributed by atoms with Gasteiger partial charge in [-0.15, -0.1) is 0 Å².